The molecule has 3 rings (SSSR count). The van der Waals surface area contributed by atoms with Crippen LogP contribution in [0, 0.1) is 0 Å². The van der Waals surface area contributed by atoms with E-state index < -0.39 is 0 Å². The van der Waals surface area contributed by atoms with Gasteiger partial charge >= 0.3 is 0 Å². The second-order valence-electron chi connectivity index (χ2n) is 5.92. The predicted molar refractivity (Wildman–Crippen MR) is 119 cm³/mol. The number of para-hydroxylation sites is 1. The molecule has 2 N–H and O–H groups in total. The van der Waals surface area contributed by atoms with Crippen LogP contribution >= 0.6 is 24.0 Å². The molecule has 0 atom stereocenters. The van der Waals surface area contributed by atoms with Gasteiger partial charge in [-0.15, -0.1) is 29.1 Å². The van der Waals surface area contributed by atoms with Gasteiger partial charge in [-0.2, -0.15) is 0 Å². The number of aromatic amines is 1. The molecule has 1 aromatic carbocycles. The third-order valence-electron chi connectivity index (χ3n) is 3.95. The second-order valence-corrected chi connectivity index (χ2v) is 5.92. The summed E-state index contributed by atoms with van der Waals surface area (Å²) in [5.74, 6) is 3.46. The lowest BCUT2D eigenvalue weighted by atomic mass is 10.2. The highest BCUT2D eigenvalue weighted by molar-refractivity contribution is 14.0. The van der Waals surface area contributed by atoms with Crippen molar-refractivity contribution in [2.24, 2.45) is 4.99 Å². The Kier molecular flexibility index (Phi) is 8.30. The van der Waals surface area contributed by atoms with Gasteiger partial charge in [0.25, 0.3) is 0 Å². The monoisotopic (exact) mass is 496 g/mol. The number of ether oxygens (including phenoxy) is 1. The molecule has 3 aromatic rings. The van der Waals surface area contributed by atoms with Crippen LogP contribution in [0.4, 0.5) is 0 Å². The van der Waals surface area contributed by atoms with E-state index in [2.05, 4.69) is 25.5 Å². The van der Waals surface area contributed by atoms with E-state index in [9.17, 15) is 0 Å². The molecule has 0 bridgehead atoms. The van der Waals surface area contributed by atoms with Crippen LogP contribution in [0.2, 0.25) is 0 Å². The van der Waals surface area contributed by atoms with E-state index in [4.69, 9.17) is 9.15 Å². The summed E-state index contributed by atoms with van der Waals surface area (Å²) in [6.45, 7) is 3.86. The van der Waals surface area contributed by atoms with Crippen molar-refractivity contribution in [3.8, 4) is 17.3 Å². The maximum Gasteiger partial charge on any atom is 0.216 e. The Balaban J connectivity index is 0.00000280. The van der Waals surface area contributed by atoms with Gasteiger partial charge in [-0.3, -0.25) is 5.10 Å². The first-order valence-electron chi connectivity index (χ1n) is 8.77. The zero-order valence-electron chi connectivity index (χ0n) is 16.2. The van der Waals surface area contributed by atoms with Crippen LogP contribution in [0.5, 0.6) is 5.75 Å². The molecular weight excluding hydrogens is 471 g/mol. The van der Waals surface area contributed by atoms with Gasteiger partial charge in [0.15, 0.2) is 11.7 Å². The molecule has 0 aliphatic heterocycles. The van der Waals surface area contributed by atoms with Crippen LogP contribution in [0.15, 0.2) is 52.1 Å². The number of aliphatic imine (C=N–C) groups is 1. The SMILES string of the molecule is CCNC(=NCc1nc(-c2ccco2)n[nH]1)N(C)Cc1ccccc1OC.I. The summed E-state index contributed by atoms with van der Waals surface area (Å²) >= 11 is 0. The lowest BCUT2D eigenvalue weighted by Gasteiger charge is -2.23. The van der Waals surface area contributed by atoms with E-state index in [1.807, 2.05) is 49.2 Å². The number of aromatic nitrogens is 3. The molecule has 150 valence electrons. The molecule has 8 nitrogen and oxygen atoms in total. The number of hydrogen-bond acceptors (Lipinski definition) is 5. The van der Waals surface area contributed by atoms with Gasteiger partial charge in [0.05, 0.1) is 13.4 Å². The van der Waals surface area contributed by atoms with Gasteiger partial charge in [0, 0.05) is 25.7 Å². The summed E-state index contributed by atoms with van der Waals surface area (Å²) in [7, 11) is 3.67. The molecular formula is C19H25IN6O2. The summed E-state index contributed by atoms with van der Waals surface area (Å²) in [4.78, 5) is 11.1. The van der Waals surface area contributed by atoms with Gasteiger partial charge in [-0.05, 0) is 25.1 Å². The number of nitrogens with zero attached hydrogens (tertiary/aromatic N) is 4. The lowest BCUT2D eigenvalue weighted by Crippen LogP contribution is -2.38. The number of H-pyrrole nitrogens is 1. The quantitative estimate of drug-likeness (QED) is 0.297. The Morgan fingerprint density at radius 2 is 2.11 bits per heavy atom. The summed E-state index contributed by atoms with van der Waals surface area (Å²) in [5.41, 5.74) is 1.09. The van der Waals surface area contributed by atoms with E-state index >= 15 is 0 Å². The van der Waals surface area contributed by atoms with Crippen molar-refractivity contribution in [3.05, 3.63) is 54.0 Å². The van der Waals surface area contributed by atoms with Crippen molar-refractivity contribution in [2.75, 3.05) is 20.7 Å². The molecule has 0 aliphatic carbocycles. The molecule has 0 unspecified atom stereocenters. The molecule has 0 amide bonds. The van der Waals surface area contributed by atoms with Crippen molar-refractivity contribution in [1.29, 1.82) is 0 Å². The van der Waals surface area contributed by atoms with Crippen molar-refractivity contribution in [1.82, 2.24) is 25.4 Å². The van der Waals surface area contributed by atoms with Crippen LogP contribution in [0.3, 0.4) is 0 Å². The number of guanidine groups is 1. The Bertz CT molecular complexity index is 878. The number of rotatable bonds is 7. The number of furan rings is 1. The van der Waals surface area contributed by atoms with Crippen molar-refractivity contribution in [2.45, 2.75) is 20.0 Å². The minimum Gasteiger partial charge on any atom is -0.496 e. The largest absolute Gasteiger partial charge is 0.496 e. The fourth-order valence-corrected chi connectivity index (χ4v) is 2.67. The topological polar surface area (TPSA) is 91.6 Å². The Hall–Kier alpha value is -2.56. The van der Waals surface area contributed by atoms with E-state index in [1.165, 1.54) is 0 Å². The number of methoxy groups -OCH3 is 1. The summed E-state index contributed by atoms with van der Waals surface area (Å²) in [6.07, 6.45) is 1.60. The molecule has 0 radical (unpaired) electrons. The second kappa shape index (κ2) is 10.7. The Labute approximate surface area is 181 Å². The molecule has 28 heavy (non-hydrogen) atoms. The van der Waals surface area contributed by atoms with Crippen molar-refractivity contribution < 1.29 is 9.15 Å². The molecule has 2 aromatic heterocycles. The van der Waals surface area contributed by atoms with Crippen molar-refractivity contribution in [3.63, 3.8) is 0 Å². The highest BCUT2D eigenvalue weighted by Crippen LogP contribution is 2.19. The van der Waals surface area contributed by atoms with E-state index in [1.54, 1.807) is 19.4 Å². The van der Waals surface area contributed by atoms with Crippen LogP contribution < -0.4 is 10.1 Å². The molecule has 0 fully saturated rings. The molecule has 0 aliphatic rings. The Morgan fingerprint density at radius 1 is 1.29 bits per heavy atom. The summed E-state index contributed by atoms with van der Waals surface area (Å²) < 4.78 is 10.7. The molecule has 0 saturated carbocycles. The summed E-state index contributed by atoms with van der Waals surface area (Å²) in [6, 6.07) is 11.6. The van der Waals surface area contributed by atoms with Crippen LogP contribution in [-0.4, -0.2) is 46.7 Å². The number of hydrogen-bond donors (Lipinski definition) is 2. The number of nitrogens with one attached hydrogen (secondary N) is 2. The smallest absolute Gasteiger partial charge is 0.216 e. The molecule has 0 saturated heterocycles. The number of benzene rings is 1. The molecule has 2 heterocycles. The average Bonchev–Trinajstić information content (AvgIpc) is 3.37. The highest BCUT2D eigenvalue weighted by atomic mass is 127. The standard InChI is InChI=1S/C19H24N6O2.HI/c1-4-20-19(25(2)13-14-8-5-6-9-15(14)26-3)21-12-17-22-18(24-23-17)16-10-7-11-27-16;/h5-11H,4,12-13H2,1-3H3,(H,20,21)(H,22,23,24);1H. The van der Waals surface area contributed by atoms with Crippen LogP contribution in [0.25, 0.3) is 11.6 Å². The van der Waals surface area contributed by atoms with Gasteiger partial charge in [-0.25, -0.2) is 9.98 Å². The van der Waals surface area contributed by atoms with Gasteiger partial charge in [-0.1, -0.05) is 18.2 Å². The van der Waals surface area contributed by atoms with Crippen LogP contribution in [-0.2, 0) is 13.1 Å². The molecule has 0 spiro atoms. The Morgan fingerprint density at radius 3 is 2.82 bits per heavy atom. The first kappa shape index (κ1) is 21.7. The van der Waals surface area contributed by atoms with E-state index in [-0.39, 0.29) is 24.0 Å². The third kappa shape index (κ3) is 5.47. The zero-order valence-corrected chi connectivity index (χ0v) is 18.5. The normalized spacial score (nSPS) is 11.0. The van der Waals surface area contributed by atoms with Gasteiger partial charge < -0.3 is 19.4 Å². The minimum atomic E-state index is 0. The van der Waals surface area contributed by atoms with Crippen LogP contribution in [0.1, 0.15) is 18.3 Å². The maximum atomic E-state index is 5.43. The maximum absolute atomic E-state index is 5.43. The fourth-order valence-electron chi connectivity index (χ4n) is 2.67. The fraction of sp³-hybridized carbons (Fsp3) is 0.316. The highest BCUT2D eigenvalue weighted by Gasteiger charge is 2.11. The predicted octanol–water partition coefficient (Wildman–Crippen LogP) is 3.29. The van der Waals surface area contributed by atoms with E-state index in [0.29, 0.717) is 30.5 Å². The molecule has 9 heteroatoms. The van der Waals surface area contributed by atoms with E-state index in [0.717, 1.165) is 23.8 Å². The number of halogens is 1. The third-order valence-corrected chi connectivity index (χ3v) is 3.95. The van der Waals surface area contributed by atoms with Gasteiger partial charge in [0.2, 0.25) is 5.82 Å². The van der Waals surface area contributed by atoms with Gasteiger partial charge in [0.1, 0.15) is 18.1 Å². The first-order chi connectivity index (χ1) is 13.2. The zero-order chi connectivity index (χ0) is 19.1. The minimum absolute atomic E-state index is 0. The lowest BCUT2D eigenvalue weighted by molar-refractivity contribution is 0.396. The first-order valence-corrected chi connectivity index (χ1v) is 8.77. The van der Waals surface area contributed by atoms with Crippen molar-refractivity contribution >= 4 is 29.9 Å². The summed E-state index contributed by atoms with van der Waals surface area (Å²) in [5, 5.41) is 10.4. The average molecular weight is 496 g/mol.